The number of aromatic nitrogens is 3. The summed E-state index contributed by atoms with van der Waals surface area (Å²) in [7, 11) is 1.86. The number of aliphatic hydroxyl groups excluding tert-OH is 1. The van der Waals surface area contributed by atoms with Crippen LogP contribution in [0.2, 0.25) is 0 Å². The lowest BCUT2D eigenvalue weighted by Crippen LogP contribution is -2.11. The molecule has 0 saturated carbocycles. The van der Waals surface area contributed by atoms with E-state index in [9.17, 15) is 0 Å². The normalized spacial score (nSPS) is 27.1. The first-order chi connectivity index (χ1) is 6.74. The van der Waals surface area contributed by atoms with Gasteiger partial charge in [0.2, 0.25) is 0 Å². The third kappa shape index (κ3) is 1.42. The summed E-state index contributed by atoms with van der Waals surface area (Å²) in [5.74, 6) is 1.88. The second-order valence-electron chi connectivity index (χ2n) is 3.75. The van der Waals surface area contributed by atoms with Crippen LogP contribution in [0, 0.1) is 5.92 Å². The molecule has 0 radical (unpaired) electrons. The molecule has 5 nitrogen and oxygen atoms in total. The van der Waals surface area contributed by atoms with E-state index in [1.54, 1.807) is 0 Å². The molecule has 5 heteroatoms. The Labute approximate surface area is 82.7 Å². The van der Waals surface area contributed by atoms with Gasteiger partial charge in [0.1, 0.15) is 12.7 Å². The van der Waals surface area contributed by atoms with Gasteiger partial charge in [-0.1, -0.05) is 6.92 Å². The number of aliphatic hydroxyl groups is 1. The molecule has 1 saturated heterocycles. The van der Waals surface area contributed by atoms with Crippen LogP contribution in [-0.4, -0.2) is 26.5 Å². The Hall–Kier alpha value is -0.940. The number of rotatable bonds is 2. The standard InChI is InChI=1S/C9H15N3O2/c1-6-3-4-14-8(6)9-11-10-7(5-13)12(9)2/h6,8,13H,3-5H2,1-2H3. The smallest absolute Gasteiger partial charge is 0.162 e. The van der Waals surface area contributed by atoms with Gasteiger partial charge in [-0.05, 0) is 12.3 Å². The summed E-state index contributed by atoms with van der Waals surface area (Å²) < 4.78 is 7.40. The van der Waals surface area contributed by atoms with Crippen LogP contribution in [0.4, 0.5) is 0 Å². The van der Waals surface area contributed by atoms with Crippen molar-refractivity contribution >= 4 is 0 Å². The Bertz CT molecular complexity index is 324. The Morgan fingerprint density at radius 1 is 1.57 bits per heavy atom. The van der Waals surface area contributed by atoms with Crippen LogP contribution in [0.3, 0.4) is 0 Å². The molecule has 2 unspecified atom stereocenters. The highest BCUT2D eigenvalue weighted by atomic mass is 16.5. The predicted octanol–water partition coefficient (Wildman–Crippen LogP) is 0.405. The second kappa shape index (κ2) is 3.67. The molecule has 1 aromatic rings. The van der Waals surface area contributed by atoms with E-state index < -0.39 is 0 Å². The van der Waals surface area contributed by atoms with E-state index in [1.807, 2.05) is 11.6 Å². The van der Waals surface area contributed by atoms with Crippen molar-refractivity contribution in [2.75, 3.05) is 6.61 Å². The molecule has 14 heavy (non-hydrogen) atoms. The topological polar surface area (TPSA) is 60.2 Å². The molecule has 1 aromatic heterocycles. The van der Waals surface area contributed by atoms with Gasteiger partial charge in [0.15, 0.2) is 11.6 Å². The zero-order valence-corrected chi connectivity index (χ0v) is 8.47. The first kappa shape index (κ1) is 9.61. The van der Waals surface area contributed by atoms with E-state index in [0.29, 0.717) is 11.7 Å². The number of hydrogen-bond donors (Lipinski definition) is 1. The van der Waals surface area contributed by atoms with Gasteiger partial charge in [0.25, 0.3) is 0 Å². The van der Waals surface area contributed by atoms with Crippen LogP contribution < -0.4 is 0 Å². The molecule has 0 bridgehead atoms. The van der Waals surface area contributed by atoms with Crippen LogP contribution in [-0.2, 0) is 18.4 Å². The maximum absolute atomic E-state index is 8.98. The largest absolute Gasteiger partial charge is 0.388 e. The van der Waals surface area contributed by atoms with Crippen molar-refractivity contribution in [2.24, 2.45) is 13.0 Å². The molecule has 0 amide bonds. The van der Waals surface area contributed by atoms with Crippen molar-refractivity contribution in [1.29, 1.82) is 0 Å². The lowest BCUT2D eigenvalue weighted by molar-refractivity contribution is 0.0844. The Kier molecular flexibility index (Phi) is 2.52. The predicted molar refractivity (Wildman–Crippen MR) is 49.4 cm³/mol. The molecule has 2 atom stereocenters. The molecular formula is C9H15N3O2. The highest BCUT2D eigenvalue weighted by Gasteiger charge is 2.30. The van der Waals surface area contributed by atoms with Gasteiger partial charge < -0.3 is 14.4 Å². The van der Waals surface area contributed by atoms with Gasteiger partial charge >= 0.3 is 0 Å². The van der Waals surface area contributed by atoms with Crippen molar-refractivity contribution in [3.63, 3.8) is 0 Å². The summed E-state index contributed by atoms with van der Waals surface area (Å²) in [6.07, 6.45) is 1.10. The monoisotopic (exact) mass is 197 g/mol. The Balaban J connectivity index is 2.27. The fourth-order valence-electron chi connectivity index (χ4n) is 1.79. The highest BCUT2D eigenvalue weighted by molar-refractivity contribution is 5.00. The van der Waals surface area contributed by atoms with Crippen molar-refractivity contribution in [1.82, 2.24) is 14.8 Å². The minimum absolute atomic E-state index is 0.0350. The van der Waals surface area contributed by atoms with E-state index in [-0.39, 0.29) is 12.7 Å². The van der Waals surface area contributed by atoms with Gasteiger partial charge in [0.05, 0.1) is 0 Å². The Morgan fingerprint density at radius 2 is 2.36 bits per heavy atom. The van der Waals surface area contributed by atoms with Crippen LogP contribution in [0.15, 0.2) is 0 Å². The van der Waals surface area contributed by atoms with Crippen molar-refractivity contribution in [2.45, 2.75) is 26.1 Å². The summed E-state index contributed by atoms with van der Waals surface area (Å²) in [5, 5.41) is 16.9. The van der Waals surface area contributed by atoms with Gasteiger partial charge in [-0.15, -0.1) is 10.2 Å². The van der Waals surface area contributed by atoms with E-state index in [2.05, 4.69) is 17.1 Å². The van der Waals surface area contributed by atoms with E-state index >= 15 is 0 Å². The highest BCUT2D eigenvalue weighted by Crippen LogP contribution is 2.32. The van der Waals surface area contributed by atoms with Crippen molar-refractivity contribution in [3.05, 3.63) is 11.6 Å². The summed E-state index contributed by atoms with van der Waals surface area (Å²) in [5.41, 5.74) is 0. The second-order valence-corrected chi connectivity index (χ2v) is 3.75. The van der Waals surface area contributed by atoms with Gasteiger partial charge in [-0.25, -0.2) is 0 Å². The van der Waals surface area contributed by atoms with Gasteiger partial charge in [0, 0.05) is 13.7 Å². The molecule has 1 aliphatic heterocycles. The summed E-state index contributed by atoms with van der Waals surface area (Å²) in [4.78, 5) is 0. The molecule has 0 spiro atoms. The lowest BCUT2D eigenvalue weighted by Gasteiger charge is -2.13. The number of ether oxygens (including phenoxy) is 1. The lowest BCUT2D eigenvalue weighted by atomic mass is 10.0. The first-order valence-corrected chi connectivity index (χ1v) is 4.84. The number of nitrogens with zero attached hydrogens (tertiary/aromatic N) is 3. The third-order valence-electron chi connectivity index (χ3n) is 2.78. The molecule has 1 aliphatic rings. The van der Waals surface area contributed by atoms with Crippen LogP contribution in [0.25, 0.3) is 0 Å². The molecule has 2 heterocycles. The Morgan fingerprint density at radius 3 is 2.86 bits per heavy atom. The van der Waals surface area contributed by atoms with Gasteiger partial charge in [-0.3, -0.25) is 0 Å². The minimum atomic E-state index is -0.0788. The molecule has 1 fully saturated rings. The summed E-state index contributed by atoms with van der Waals surface area (Å²) in [6.45, 7) is 2.85. The average molecular weight is 197 g/mol. The molecule has 78 valence electrons. The van der Waals surface area contributed by atoms with Crippen molar-refractivity contribution < 1.29 is 9.84 Å². The van der Waals surface area contributed by atoms with E-state index in [4.69, 9.17) is 9.84 Å². The molecule has 1 N–H and O–H groups in total. The minimum Gasteiger partial charge on any atom is -0.388 e. The zero-order valence-electron chi connectivity index (χ0n) is 8.47. The van der Waals surface area contributed by atoms with Gasteiger partial charge in [-0.2, -0.15) is 0 Å². The fourth-order valence-corrected chi connectivity index (χ4v) is 1.79. The quantitative estimate of drug-likeness (QED) is 0.745. The maximum atomic E-state index is 8.98. The van der Waals surface area contributed by atoms with Crippen molar-refractivity contribution in [3.8, 4) is 0 Å². The van der Waals surface area contributed by atoms with Crippen LogP contribution >= 0.6 is 0 Å². The third-order valence-corrected chi connectivity index (χ3v) is 2.78. The maximum Gasteiger partial charge on any atom is 0.162 e. The fraction of sp³-hybridized carbons (Fsp3) is 0.778. The van der Waals surface area contributed by atoms with E-state index in [1.165, 1.54) is 0 Å². The molecule has 0 aliphatic carbocycles. The van der Waals surface area contributed by atoms with E-state index in [0.717, 1.165) is 18.9 Å². The summed E-state index contributed by atoms with van der Waals surface area (Å²) >= 11 is 0. The zero-order chi connectivity index (χ0) is 10.1. The number of hydrogen-bond acceptors (Lipinski definition) is 4. The van der Waals surface area contributed by atoms with Crippen LogP contribution in [0.1, 0.15) is 31.1 Å². The first-order valence-electron chi connectivity index (χ1n) is 4.84. The SMILES string of the molecule is CC1CCOC1c1nnc(CO)n1C. The molecule has 0 aromatic carbocycles. The summed E-state index contributed by atoms with van der Waals surface area (Å²) in [6, 6.07) is 0. The van der Waals surface area contributed by atoms with Crippen LogP contribution in [0.5, 0.6) is 0 Å². The average Bonchev–Trinajstić information content (AvgIpc) is 2.72. The molecule has 2 rings (SSSR count). The molecular weight excluding hydrogens is 182 g/mol.